The number of methoxy groups -OCH3 is 1. The number of amides is 2. The maximum atomic E-state index is 12.9. The van der Waals surface area contributed by atoms with Crippen molar-refractivity contribution in [3.63, 3.8) is 0 Å². The summed E-state index contributed by atoms with van der Waals surface area (Å²) in [6.07, 6.45) is 2.10. The fraction of sp³-hybridized carbons (Fsp3) is 0.480. The second kappa shape index (κ2) is 11.1. The van der Waals surface area contributed by atoms with Crippen LogP contribution in [0, 0.1) is 5.92 Å². The van der Waals surface area contributed by atoms with Gasteiger partial charge in [-0.25, -0.2) is 4.98 Å². The van der Waals surface area contributed by atoms with Gasteiger partial charge in [0.15, 0.2) is 0 Å². The van der Waals surface area contributed by atoms with Crippen molar-refractivity contribution in [2.24, 2.45) is 5.92 Å². The first-order valence-electron chi connectivity index (χ1n) is 11.4. The van der Waals surface area contributed by atoms with Gasteiger partial charge in [-0.2, -0.15) is 0 Å². The molecule has 3 unspecified atom stereocenters. The third-order valence-corrected chi connectivity index (χ3v) is 5.61. The Balaban J connectivity index is 1.59. The largest absolute Gasteiger partial charge is 0.496 e. The molecule has 2 heterocycles. The Kier molecular flexibility index (Phi) is 8.27. The van der Waals surface area contributed by atoms with Gasteiger partial charge in [-0.05, 0) is 43.5 Å². The summed E-state index contributed by atoms with van der Waals surface area (Å²) >= 11 is 0. The lowest BCUT2D eigenvalue weighted by atomic mass is 10.0. The summed E-state index contributed by atoms with van der Waals surface area (Å²) in [7, 11) is 1.51. The molecular weight excluding hydrogens is 420 g/mol. The molecule has 0 spiro atoms. The highest BCUT2D eigenvalue weighted by molar-refractivity contribution is 5.99. The van der Waals surface area contributed by atoms with Gasteiger partial charge in [-0.3, -0.25) is 9.59 Å². The molecule has 3 atom stereocenters. The molecule has 8 heteroatoms. The Labute approximate surface area is 195 Å². The lowest BCUT2D eigenvalue weighted by Gasteiger charge is -2.36. The molecule has 1 aromatic carbocycles. The number of carbonyl (C=O) groups excluding carboxylic acids is 2. The van der Waals surface area contributed by atoms with Crippen LogP contribution in [0.5, 0.6) is 5.75 Å². The standard InChI is InChI=1S/C25H34N4O4/c1-16(2)23(28-24(30)20-8-6-7-9-21(20)32-5)25(31)27-13-19-10-11-22(26-12-19)29-14-17(3)33-18(4)15-29/h6-12,16-18,23H,13-15H2,1-5H3,(H,27,31)(H,28,30). The van der Waals surface area contributed by atoms with E-state index in [1.165, 1.54) is 7.11 Å². The lowest BCUT2D eigenvalue weighted by molar-refractivity contribution is -0.124. The SMILES string of the molecule is COc1ccccc1C(=O)NC(C(=O)NCc1ccc(N2CC(C)OC(C)C2)nc1)C(C)C. The minimum absolute atomic E-state index is 0.0885. The molecule has 1 fully saturated rings. The second-order valence-electron chi connectivity index (χ2n) is 8.80. The predicted octanol–water partition coefficient (Wildman–Crippen LogP) is 2.77. The molecule has 2 amide bonds. The molecule has 8 nitrogen and oxygen atoms in total. The normalized spacial score (nSPS) is 19.2. The van der Waals surface area contributed by atoms with E-state index in [0.29, 0.717) is 17.9 Å². The number of para-hydroxylation sites is 1. The molecular formula is C25H34N4O4. The fourth-order valence-corrected chi connectivity index (χ4v) is 3.96. The van der Waals surface area contributed by atoms with Gasteiger partial charge >= 0.3 is 0 Å². The quantitative estimate of drug-likeness (QED) is 0.637. The molecule has 178 valence electrons. The predicted molar refractivity (Wildman–Crippen MR) is 127 cm³/mol. The van der Waals surface area contributed by atoms with Crippen LogP contribution in [0.3, 0.4) is 0 Å². The summed E-state index contributed by atoms with van der Waals surface area (Å²) in [5.74, 6) is 0.688. The first-order valence-corrected chi connectivity index (χ1v) is 11.4. The number of morpholine rings is 1. The van der Waals surface area contributed by atoms with Crippen molar-refractivity contribution >= 4 is 17.6 Å². The van der Waals surface area contributed by atoms with Crippen LogP contribution in [0.4, 0.5) is 5.82 Å². The van der Waals surface area contributed by atoms with E-state index in [4.69, 9.17) is 9.47 Å². The third-order valence-electron chi connectivity index (χ3n) is 5.61. The molecule has 33 heavy (non-hydrogen) atoms. The summed E-state index contributed by atoms with van der Waals surface area (Å²) in [6.45, 7) is 9.84. The van der Waals surface area contributed by atoms with Crippen LogP contribution in [0.25, 0.3) is 0 Å². The zero-order chi connectivity index (χ0) is 24.0. The van der Waals surface area contributed by atoms with Gasteiger partial charge in [0.05, 0.1) is 24.9 Å². The summed E-state index contributed by atoms with van der Waals surface area (Å²) in [5.41, 5.74) is 1.28. The first-order chi connectivity index (χ1) is 15.8. The molecule has 0 radical (unpaired) electrons. The van der Waals surface area contributed by atoms with Crippen LogP contribution in [-0.4, -0.2) is 55.2 Å². The van der Waals surface area contributed by atoms with Gasteiger partial charge < -0.3 is 25.0 Å². The number of carbonyl (C=O) groups is 2. The fourth-order valence-electron chi connectivity index (χ4n) is 3.96. The Hall–Kier alpha value is -3.13. The number of benzene rings is 1. The number of rotatable bonds is 8. The number of nitrogens with one attached hydrogen (secondary N) is 2. The van der Waals surface area contributed by atoms with Crippen molar-refractivity contribution < 1.29 is 19.1 Å². The second-order valence-corrected chi connectivity index (χ2v) is 8.80. The van der Waals surface area contributed by atoms with E-state index in [2.05, 4.69) is 34.4 Å². The molecule has 0 aliphatic carbocycles. The van der Waals surface area contributed by atoms with Crippen molar-refractivity contribution in [2.75, 3.05) is 25.1 Å². The van der Waals surface area contributed by atoms with Crippen molar-refractivity contribution in [3.05, 3.63) is 53.7 Å². The molecule has 1 saturated heterocycles. The number of anilines is 1. The summed E-state index contributed by atoms with van der Waals surface area (Å²) in [5, 5.41) is 5.76. The number of ether oxygens (including phenoxy) is 2. The van der Waals surface area contributed by atoms with Gasteiger partial charge in [0, 0.05) is 25.8 Å². The summed E-state index contributed by atoms with van der Waals surface area (Å²) in [4.78, 5) is 32.4. The Morgan fingerprint density at radius 1 is 1.15 bits per heavy atom. The van der Waals surface area contributed by atoms with Gasteiger partial charge in [-0.15, -0.1) is 0 Å². The van der Waals surface area contributed by atoms with Crippen LogP contribution in [0.1, 0.15) is 43.6 Å². The maximum Gasteiger partial charge on any atom is 0.255 e. The van der Waals surface area contributed by atoms with Crippen molar-refractivity contribution in [1.29, 1.82) is 0 Å². The number of hydrogen-bond acceptors (Lipinski definition) is 6. The number of pyridine rings is 1. The molecule has 1 aliphatic heterocycles. The molecule has 2 N–H and O–H groups in total. The topological polar surface area (TPSA) is 92.8 Å². The van der Waals surface area contributed by atoms with Crippen molar-refractivity contribution in [1.82, 2.24) is 15.6 Å². The molecule has 0 saturated carbocycles. The highest BCUT2D eigenvalue weighted by Gasteiger charge is 2.26. The van der Waals surface area contributed by atoms with Crippen LogP contribution < -0.4 is 20.3 Å². The van der Waals surface area contributed by atoms with Gasteiger partial charge in [0.1, 0.15) is 17.6 Å². The minimum Gasteiger partial charge on any atom is -0.496 e. The van der Waals surface area contributed by atoms with Gasteiger partial charge in [0.2, 0.25) is 5.91 Å². The summed E-state index contributed by atoms with van der Waals surface area (Å²) < 4.78 is 11.0. The van der Waals surface area contributed by atoms with Crippen LogP contribution in [-0.2, 0) is 16.1 Å². The maximum absolute atomic E-state index is 12.9. The molecule has 3 rings (SSSR count). The minimum atomic E-state index is -0.675. The molecule has 1 aliphatic rings. The zero-order valence-electron chi connectivity index (χ0n) is 20.0. The lowest BCUT2D eigenvalue weighted by Crippen LogP contribution is -2.49. The van der Waals surface area contributed by atoms with E-state index in [0.717, 1.165) is 24.5 Å². The van der Waals surface area contributed by atoms with Gasteiger partial charge in [0.25, 0.3) is 5.91 Å². The Bertz CT molecular complexity index is 938. The average molecular weight is 455 g/mol. The summed E-state index contributed by atoms with van der Waals surface area (Å²) in [6, 6.07) is 10.2. The van der Waals surface area contributed by atoms with Crippen LogP contribution >= 0.6 is 0 Å². The van der Waals surface area contributed by atoms with Crippen molar-refractivity contribution in [3.8, 4) is 5.75 Å². The average Bonchev–Trinajstić information content (AvgIpc) is 2.80. The van der Waals surface area contributed by atoms with E-state index < -0.39 is 6.04 Å². The van der Waals surface area contributed by atoms with Crippen LogP contribution in [0.2, 0.25) is 0 Å². The Morgan fingerprint density at radius 2 is 1.85 bits per heavy atom. The first kappa shape index (κ1) is 24.5. The monoisotopic (exact) mass is 454 g/mol. The van der Waals surface area contributed by atoms with E-state index >= 15 is 0 Å². The van der Waals surface area contributed by atoms with E-state index in [-0.39, 0.29) is 29.9 Å². The smallest absolute Gasteiger partial charge is 0.255 e. The third kappa shape index (κ3) is 6.44. The molecule has 2 aromatic rings. The highest BCUT2D eigenvalue weighted by Crippen LogP contribution is 2.19. The highest BCUT2D eigenvalue weighted by atomic mass is 16.5. The van der Waals surface area contributed by atoms with E-state index in [1.807, 2.05) is 26.0 Å². The number of aromatic nitrogens is 1. The van der Waals surface area contributed by atoms with E-state index in [1.54, 1.807) is 30.5 Å². The van der Waals surface area contributed by atoms with E-state index in [9.17, 15) is 9.59 Å². The number of hydrogen-bond donors (Lipinski definition) is 2. The molecule has 0 bridgehead atoms. The van der Waals surface area contributed by atoms with Gasteiger partial charge in [-0.1, -0.05) is 32.0 Å². The Morgan fingerprint density at radius 3 is 2.45 bits per heavy atom. The van der Waals surface area contributed by atoms with Crippen LogP contribution in [0.15, 0.2) is 42.6 Å². The molecule has 1 aromatic heterocycles. The number of nitrogens with zero attached hydrogens (tertiary/aromatic N) is 2. The zero-order valence-corrected chi connectivity index (χ0v) is 20.0. The van der Waals surface area contributed by atoms with Crippen molar-refractivity contribution in [2.45, 2.75) is 52.5 Å².